The molecule has 0 aromatic carbocycles. The summed E-state index contributed by atoms with van der Waals surface area (Å²) in [5.41, 5.74) is 0. The van der Waals surface area contributed by atoms with Crippen LogP contribution < -0.4 is 5.32 Å². The molecule has 1 saturated heterocycles. The van der Waals surface area contributed by atoms with E-state index in [1.54, 1.807) is 6.92 Å². The first-order valence-electron chi connectivity index (χ1n) is 4.67. The van der Waals surface area contributed by atoms with E-state index < -0.39 is 0 Å². The van der Waals surface area contributed by atoms with Crippen LogP contribution in [0.4, 0.5) is 4.79 Å². The van der Waals surface area contributed by atoms with E-state index in [1.165, 1.54) is 4.90 Å². The average Bonchev–Trinajstić information content (AvgIpc) is 2.46. The molecule has 3 amide bonds. The Balaban J connectivity index is 2.77. The Morgan fingerprint density at radius 2 is 2.31 bits per heavy atom. The number of urea groups is 1. The molecule has 0 aromatic heterocycles. The number of amides is 3. The normalized spacial score (nSPS) is 22.3. The molecular formula is C9H16N2O2. The molecule has 0 radical (unpaired) electrons. The summed E-state index contributed by atoms with van der Waals surface area (Å²) in [4.78, 5) is 24.0. The Hall–Kier alpha value is -1.06. The van der Waals surface area contributed by atoms with Crippen molar-refractivity contribution in [1.82, 2.24) is 10.2 Å². The quantitative estimate of drug-likeness (QED) is 0.695. The van der Waals surface area contributed by atoms with Crippen molar-refractivity contribution in [2.24, 2.45) is 5.92 Å². The molecule has 0 bridgehead atoms. The standard InChI is InChI=1S/C9H16N2O2/c1-4-8(12)11-7(6(2)3)5-10-9(11)13/h6-7H,4-5H2,1-3H3,(H,10,13)/t7-/m1/s1. The molecule has 0 saturated carbocycles. The van der Waals surface area contributed by atoms with Crippen LogP contribution in [0.2, 0.25) is 0 Å². The maximum absolute atomic E-state index is 11.4. The molecule has 13 heavy (non-hydrogen) atoms. The Morgan fingerprint density at radius 1 is 1.69 bits per heavy atom. The molecule has 1 rings (SSSR count). The fraction of sp³-hybridized carbons (Fsp3) is 0.778. The fourth-order valence-corrected chi connectivity index (χ4v) is 1.52. The summed E-state index contributed by atoms with van der Waals surface area (Å²) < 4.78 is 0. The monoisotopic (exact) mass is 184 g/mol. The first kappa shape index (κ1) is 10.0. The minimum absolute atomic E-state index is 0.0277. The molecule has 0 unspecified atom stereocenters. The van der Waals surface area contributed by atoms with Gasteiger partial charge >= 0.3 is 6.03 Å². The van der Waals surface area contributed by atoms with Gasteiger partial charge in [-0.1, -0.05) is 20.8 Å². The van der Waals surface area contributed by atoms with E-state index in [-0.39, 0.29) is 18.0 Å². The molecule has 0 aromatic rings. The van der Waals surface area contributed by atoms with Gasteiger partial charge in [0.2, 0.25) is 5.91 Å². The minimum Gasteiger partial charge on any atom is -0.336 e. The van der Waals surface area contributed by atoms with E-state index >= 15 is 0 Å². The molecule has 1 aliphatic heterocycles. The number of nitrogens with zero attached hydrogens (tertiary/aromatic N) is 1. The third kappa shape index (κ3) is 1.82. The van der Waals surface area contributed by atoms with Gasteiger partial charge in [0.05, 0.1) is 6.04 Å². The molecule has 1 fully saturated rings. The van der Waals surface area contributed by atoms with Crippen LogP contribution in [-0.2, 0) is 4.79 Å². The maximum atomic E-state index is 11.4. The highest BCUT2D eigenvalue weighted by molar-refractivity contribution is 5.96. The SMILES string of the molecule is CCC(=O)N1C(=O)NC[C@@H]1C(C)C. The molecule has 1 atom stereocenters. The first-order chi connectivity index (χ1) is 6.07. The van der Waals surface area contributed by atoms with Crippen molar-refractivity contribution in [1.29, 1.82) is 0 Å². The largest absolute Gasteiger partial charge is 0.336 e. The van der Waals surface area contributed by atoms with Crippen LogP contribution in [0.25, 0.3) is 0 Å². The van der Waals surface area contributed by atoms with Crippen LogP contribution in [0.1, 0.15) is 27.2 Å². The minimum atomic E-state index is -0.245. The number of carbonyl (C=O) groups is 2. The summed E-state index contributed by atoms with van der Waals surface area (Å²) in [5.74, 6) is 0.225. The third-order valence-electron chi connectivity index (χ3n) is 2.35. The second-order valence-corrected chi connectivity index (χ2v) is 3.61. The van der Waals surface area contributed by atoms with Gasteiger partial charge in [-0.15, -0.1) is 0 Å². The van der Waals surface area contributed by atoms with E-state index in [4.69, 9.17) is 0 Å². The van der Waals surface area contributed by atoms with Gasteiger partial charge in [-0.25, -0.2) is 4.79 Å². The van der Waals surface area contributed by atoms with Gasteiger partial charge in [0.15, 0.2) is 0 Å². The highest BCUT2D eigenvalue weighted by Gasteiger charge is 2.36. The van der Waals surface area contributed by atoms with Crippen LogP contribution in [0.15, 0.2) is 0 Å². The van der Waals surface area contributed by atoms with Gasteiger partial charge < -0.3 is 5.32 Å². The summed E-state index contributed by atoms with van der Waals surface area (Å²) in [7, 11) is 0. The van der Waals surface area contributed by atoms with E-state index in [0.29, 0.717) is 18.9 Å². The Bertz CT molecular complexity index is 226. The predicted octanol–water partition coefficient (Wildman–Crippen LogP) is 0.973. The molecule has 1 aliphatic rings. The van der Waals surface area contributed by atoms with Crippen molar-refractivity contribution >= 4 is 11.9 Å². The summed E-state index contributed by atoms with van der Waals surface area (Å²) in [6.07, 6.45) is 0.386. The summed E-state index contributed by atoms with van der Waals surface area (Å²) in [6.45, 7) is 6.38. The van der Waals surface area contributed by atoms with E-state index in [0.717, 1.165) is 0 Å². The van der Waals surface area contributed by atoms with Gasteiger partial charge in [-0.2, -0.15) is 0 Å². The lowest BCUT2D eigenvalue weighted by Gasteiger charge is -2.23. The van der Waals surface area contributed by atoms with Crippen LogP contribution in [0.3, 0.4) is 0 Å². The maximum Gasteiger partial charge on any atom is 0.324 e. The number of hydrogen-bond donors (Lipinski definition) is 1. The van der Waals surface area contributed by atoms with Crippen LogP contribution in [0, 0.1) is 5.92 Å². The van der Waals surface area contributed by atoms with Crippen LogP contribution in [-0.4, -0.2) is 29.4 Å². The predicted molar refractivity (Wildman–Crippen MR) is 49.2 cm³/mol. The second-order valence-electron chi connectivity index (χ2n) is 3.61. The highest BCUT2D eigenvalue weighted by atomic mass is 16.2. The lowest BCUT2D eigenvalue weighted by molar-refractivity contribution is -0.129. The molecule has 4 nitrogen and oxygen atoms in total. The van der Waals surface area contributed by atoms with Crippen molar-refractivity contribution in [3.63, 3.8) is 0 Å². The zero-order valence-corrected chi connectivity index (χ0v) is 8.33. The first-order valence-corrected chi connectivity index (χ1v) is 4.67. The average molecular weight is 184 g/mol. The van der Waals surface area contributed by atoms with Crippen molar-refractivity contribution in [2.45, 2.75) is 33.2 Å². The lowest BCUT2D eigenvalue weighted by atomic mass is 10.0. The Morgan fingerprint density at radius 3 is 2.77 bits per heavy atom. The van der Waals surface area contributed by atoms with E-state index in [9.17, 15) is 9.59 Å². The van der Waals surface area contributed by atoms with Gasteiger partial charge in [-0.05, 0) is 5.92 Å². The smallest absolute Gasteiger partial charge is 0.324 e. The number of hydrogen-bond acceptors (Lipinski definition) is 2. The van der Waals surface area contributed by atoms with E-state index in [2.05, 4.69) is 5.32 Å². The molecule has 1 heterocycles. The zero-order chi connectivity index (χ0) is 10.0. The highest BCUT2D eigenvalue weighted by Crippen LogP contribution is 2.16. The van der Waals surface area contributed by atoms with Crippen molar-refractivity contribution < 1.29 is 9.59 Å². The van der Waals surface area contributed by atoms with Gasteiger partial charge in [-0.3, -0.25) is 9.69 Å². The van der Waals surface area contributed by atoms with Gasteiger partial charge in [0.25, 0.3) is 0 Å². The number of rotatable bonds is 2. The van der Waals surface area contributed by atoms with Crippen LogP contribution in [0.5, 0.6) is 0 Å². The number of imide groups is 1. The Kier molecular flexibility index (Phi) is 2.90. The molecule has 4 heteroatoms. The second kappa shape index (κ2) is 3.77. The molecule has 0 aliphatic carbocycles. The number of carbonyl (C=O) groups excluding carboxylic acids is 2. The molecule has 0 spiro atoms. The summed E-state index contributed by atoms with van der Waals surface area (Å²) in [5, 5.41) is 2.68. The topological polar surface area (TPSA) is 49.4 Å². The zero-order valence-electron chi connectivity index (χ0n) is 8.33. The van der Waals surface area contributed by atoms with Crippen molar-refractivity contribution in [2.75, 3.05) is 6.54 Å². The summed E-state index contributed by atoms with van der Waals surface area (Å²) >= 11 is 0. The number of nitrogens with one attached hydrogen (secondary N) is 1. The van der Waals surface area contributed by atoms with Gasteiger partial charge in [0.1, 0.15) is 0 Å². The Labute approximate surface area is 78.3 Å². The van der Waals surface area contributed by atoms with Crippen molar-refractivity contribution in [3.05, 3.63) is 0 Å². The molecule has 1 N–H and O–H groups in total. The molecular weight excluding hydrogens is 168 g/mol. The summed E-state index contributed by atoms with van der Waals surface area (Å²) in [6, 6.07) is -0.217. The van der Waals surface area contributed by atoms with E-state index in [1.807, 2.05) is 13.8 Å². The fourth-order valence-electron chi connectivity index (χ4n) is 1.52. The third-order valence-corrected chi connectivity index (χ3v) is 2.35. The van der Waals surface area contributed by atoms with Crippen molar-refractivity contribution in [3.8, 4) is 0 Å². The molecule has 74 valence electrons. The lowest BCUT2D eigenvalue weighted by Crippen LogP contribution is -2.41. The van der Waals surface area contributed by atoms with Crippen LogP contribution >= 0.6 is 0 Å². The van der Waals surface area contributed by atoms with Gasteiger partial charge in [0, 0.05) is 13.0 Å².